The van der Waals surface area contributed by atoms with Gasteiger partial charge in [0.2, 0.25) is 5.91 Å². The van der Waals surface area contributed by atoms with Gasteiger partial charge >= 0.3 is 5.97 Å². The smallest absolute Gasteiger partial charge is 0.327 e. The molecule has 2 aliphatic rings. The van der Waals surface area contributed by atoms with Gasteiger partial charge in [0, 0.05) is 15.2 Å². The molecule has 0 saturated carbocycles. The third kappa shape index (κ3) is 3.12. The first kappa shape index (κ1) is 20.2. The van der Waals surface area contributed by atoms with Crippen LogP contribution in [0, 0.1) is 6.92 Å². The van der Waals surface area contributed by atoms with Crippen molar-refractivity contribution in [1.82, 2.24) is 14.6 Å². The van der Waals surface area contributed by atoms with Crippen LogP contribution in [0.1, 0.15) is 29.1 Å². The van der Waals surface area contributed by atoms with Gasteiger partial charge in [0.05, 0.1) is 16.3 Å². The van der Waals surface area contributed by atoms with E-state index in [0.29, 0.717) is 26.7 Å². The Morgan fingerprint density at radius 2 is 2.00 bits per heavy atom. The fourth-order valence-corrected chi connectivity index (χ4v) is 6.38. The van der Waals surface area contributed by atoms with E-state index >= 15 is 0 Å². The van der Waals surface area contributed by atoms with Gasteiger partial charge in [0.15, 0.2) is 0 Å². The fourth-order valence-electron chi connectivity index (χ4n) is 3.84. The number of carboxylic acids is 1. The number of carboxylic acid groups (broad SMARTS) is 1. The Labute approximate surface area is 180 Å². The van der Waals surface area contributed by atoms with Crippen molar-refractivity contribution in [2.24, 2.45) is 0 Å². The van der Waals surface area contributed by atoms with Crippen molar-refractivity contribution < 1.29 is 19.5 Å². The van der Waals surface area contributed by atoms with E-state index < -0.39 is 34.1 Å². The fraction of sp³-hybridized carbons (Fsp3) is 0.368. The zero-order valence-electron chi connectivity index (χ0n) is 15.8. The van der Waals surface area contributed by atoms with Gasteiger partial charge < -0.3 is 15.3 Å². The van der Waals surface area contributed by atoms with Gasteiger partial charge in [-0.2, -0.15) is 4.37 Å². The van der Waals surface area contributed by atoms with Crippen LogP contribution in [0.3, 0.4) is 0 Å². The minimum atomic E-state index is -1.04. The number of carbonyl (C=O) groups excluding carboxylic acids is 2. The Morgan fingerprint density at radius 3 is 2.66 bits per heavy atom. The molecule has 2 saturated heterocycles. The van der Waals surface area contributed by atoms with Gasteiger partial charge in [-0.1, -0.05) is 29.8 Å². The van der Waals surface area contributed by atoms with E-state index in [-0.39, 0.29) is 5.91 Å². The Morgan fingerprint density at radius 1 is 1.31 bits per heavy atom. The summed E-state index contributed by atoms with van der Waals surface area (Å²) in [4.78, 5) is 39.4. The van der Waals surface area contributed by atoms with Crippen molar-refractivity contribution in [1.29, 1.82) is 0 Å². The second-order valence-corrected chi connectivity index (χ2v) is 10.6. The monoisotopic (exact) mass is 451 g/mol. The van der Waals surface area contributed by atoms with Crippen molar-refractivity contribution in [2.75, 3.05) is 0 Å². The number of fused-ring (bicyclic) bond motifs is 1. The second-order valence-electron chi connectivity index (χ2n) is 7.49. The van der Waals surface area contributed by atoms with Crippen LogP contribution in [0.25, 0.3) is 11.3 Å². The summed E-state index contributed by atoms with van der Waals surface area (Å²) in [6.45, 7) is 5.38. The van der Waals surface area contributed by atoms with Crippen LogP contribution in [0.4, 0.5) is 0 Å². The molecule has 2 N–H and O–H groups in total. The predicted octanol–water partition coefficient (Wildman–Crippen LogP) is 3.02. The van der Waals surface area contributed by atoms with Crippen molar-refractivity contribution in [2.45, 2.75) is 43.0 Å². The maximum atomic E-state index is 13.1. The van der Waals surface area contributed by atoms with Gasteiger partial charge in [-0.05, 0) is 38.4 Å². The lowest BCUT2D eigenvalue weighted by Gasteiger charge is -2.43. The summed E-state index contributed by atoms with van der Waals surface area (Å²) in [7, 11) is 0. The van der Waals surface area contributed by atoms with Gasteiger partial charge in [-0.3, -0.25) is 9.59 Å². The van der Waals surface area contributed by atoms with E-state index in [1.165, 1.54) is 28.2 Å². The number of thioether (sulfide) groups is 1. The summed E-state index contributed by atoms with van der Waals surface area (Å²) < 4.78 is 3.74. The lowest BCUT2D eigenvalue weighted by atomic mass is 9.95. The van der Waals surface area contributed by atoms with Crippen molar-refractivity contribution in [3.05, 3.63) is 39.7 Å². The normalized spacial score (nSPS) is 24.8. The molecule has 1 aromatic carbocycles. The Balaban J connectivity index is 1.60. The summed E-state index contributed by atoms with van der Waals surface area (Å²) in [6.07, 6.45) is 0. The molecule has 2 aromatic rings. The molecule has 0 radical (unpaired) electrons. The number of rotatable bonds is 4. The molecular weight excluding hydrogens is 434 g/mol. The largest absolute Gasteiger partial charge is 0.480 e. The van der Waals surface area contributed by atoms with Crippen LogP contribution in [0.5, 0.6) is 0 Å². The summed E-state index contributed by atoms with van der Waals surface area (Å²) in [5.74, 6) is -1.84. The van der Waals surface area contributed by atoms with Crippen LogP contribution < -0.4 is 5.32 Å². The number of β-lactam (4-membered cyclic amide) rings is 1. The third-order valence-corrected chi connectivity index (χ3v) is 7.83. The topological polar surface area (TPSA) is 99.6 Å². The average molecular weight is 452 g/mol. The molecule has 2 fully saturated rings. The van der Waals surface area contributed by atoms with E-state index in [4.69, 9.17) is 11.6 Å². The summed E-state index contributed by atoms with van der Waals surface area (Å²) in [5.41, 5.74) is 1.50. The molecule has 10 heteroatoms. The SMILES string of the molecule is Cc1snc(-c2ccccc2Cl)c1C(=O)N[C@@H]1C(=O)N2[C@@H]1SC(C)(C)[C@@H]2C(=O)O. The molecule has 29 heavy (non-hydrogen) atoms. The molecule has 0 unspecified atom stereocenters. The zero-order valence-corrected chi connectivity index (χ0v) is 18.2. The first-order chi connectivity index (χ1) is 13.6. The van der Waals surface area contributed by atoms with E-state index in [1.807, 2.05) is 6.07 Å². The molecule has 0 spiro atoms. The number of carbonyl (C=O) groups is 3. The zero-order chi connectivity index (χ0) is 21.1. The maximum absolute atomic E-state index is 13.1. The highest BCUT2D eigenvalue weighted by atomic mass is 35.5. The van der Waals surface area contributed by atoms with E-state index in [2.05, 4.69) is 9.69 Å². The third-order valence-electron chi connectivity index (χ3n) is 5.18. The molecule has 4 rings (SSSR count). The maximum Gasteiger partial charge on any atom is 0.327 e. The minimum Gasteiger partial charge on any atom is -0.480 e. The molecular formula is C19H18ClN3O4S2. The van der Waals surface area contributed by atoms with Gasteiger partial charge in [-0.15, -0.1) is 11.8 Å². The highest BCUT2D eigenvalue weighted by molar-refractivity contribution is 8.01. The average Bonchev–Trinajstić information content (AvgIpc) is 3.15. The second kappa shape index (κ2) is 7.00. The molecule has 3 heterocycles. The molecule has 0 bridgehead atoms. The minimum absolute atomic E-state index is 0.381. The van der Waals surface area contributed by atoms with E-state index in [9.17, 15) is 19.5 Å². The first-order valence-corrected chi connectivity index (χ1v) is 10.9. The predicted molar refractivity (Wildman–Crippen MR) is 112 cm³/mol. The number of nitrogens with one attached hydrogen (secondary N) is 1. The quantitative estimate of drug-likeness (QED) is 0.693. The molecule has 2 aliphatic heterocycles. The summed E-state index contributed by atoms with van der Waals surface area (Å²) >= 11 is 8.86. The molecule has 0 aliphatic carbocycles. The number of amides is 2. The number of hydrogen-bond donors (Lipinski definition) is 2. The number of aryl methyl sites for hydroxylation is 1. The Kier molecular flexibility index (Phi) is 4.87. The van der Waals surface area contributed by atoms with Crippen LogP contribution in [-0.4, -0.2) is 54.4 Å². The Bertz CT molecular complexity index is 1040. The lowest BCUT2D eigenvalue weighted by Crippen LogP contribution is -2.70. The Hall–Kier alpha value is -2.10. The molecule has 7 nitrogen and oxygen atoms in total. The molecule has 3 atom stereocenters. The number of nitrogens with zero attached hydrogens (tertiary/aromatic N) is 2. The number of benzene rings is 1. The van der Waals surface area contributed by atoms with Crippen LogP contribution in [-0.2, 0) is 9.59 Å². The molecule has 1 aromatic heterocycles. The van der Waals surface area contributed by atoms with E-state index in [1.54, 1.807) is 39.0 Å². The number of hydrogen-bond acceptors (Lipinski definition) is 6. The summed E-state index contributed by atoms with van der Waals surface area (Å²) in [5, 5.41) is 12.4. The molecule has 2 amide bonds. The standard InChI is InChI=1S/C19H18ClN3O4S2/c1-8-11(12(22-29-8)9-6-4-5-7-10(9)20)15(24)21-13-16(25)23-14(18(26)27)19(2,3)28-17(13)23/h4-7,13-14,17H,1-3H3,(H,21,24)(H,26,27)/t13-,14+,17-/m1/s1. The van der Waals surface area contributed by atoms with Gasteiger partial charge in [0.1, 0.15) is 17.5 Å². The number of aliphatic carboxylic acids is 1. The number of aromatic nitrogens is 1. The van der Waals surface area contributed by atoms with Crippen LogP contribution in [0.15, 0.2) is 24.3 Å². The van der Waals surface area contributed by atoms with Crippen molar-refractivity contribution >= 4 is 52.7 Å². The van der Waals surface area contributed by atoms with Crippen LogP contribution >= 0.6 is 34.9 Å². The van der Waals surface area contributed by atoms with Crippen molar-refractivity contribution in [3.63, 3.8) is 0 Å². The van der Waals surface area contributed by atoms with Gasteiger partial charge in [-0.25, -0.2) is 4.79 Å². The summed E-state index contributed by atoms with van der Waals surface area (Å²) in [6, 6.07) is 5.44. The lowest BCUT2D eigenvalue weighted by molar-refractivity contribution is -0.159. The first-order valence-electron chi connectivity index (χ1n) is 8.88. The molecule has 152 valence electrons. The van der Waals surface area contributed by atoms with E-state index in [0.717, 1.165) is 0 Å². The van der Waals surface area contributed by atoms with Gasteiger partial charge in [0.25, 0.3) is 5.91 Å². The van der Waals surface area contributed by atoms with Crippen LogP contribution in [0.2, 0.25) is 5.02 Å². The highest BCUT2D eigenvalue weighted by Gasteiger charge is 2.64. The number of halogens is 1. The highest BCUT2D eigenvalue weighted by Crippen LogP contribution is 2.50. The van der Waals surface area contributed by atoms with Crippen molar-refractivity contribution in [3.8, 4) is 11.3 Å².